The third-order valence-corrected chi connectivity index (χ3v) is 5.11. The average Bonchev–Trinajstić information content (AvgIpc) is 2.70. The molecule has 7 heteroatoms. The molecule has 3 N–H and O–H groups in total. The molecule has 0 fully saturated rings. The molecular weight excluding hydrogens is 406 g/mol. The Kier molecular flexibility index (Phi) is 7.55. The first-order valence-electron chi connectivity index (χ1n) is 8.94. The van der Waals surface area contributed by atoms with Gasteiger partial charge >= 0.3 is 6.03 Å². The number of hydrogen-bond donors (Lipinski definition) is 3. The number of amides is 3. The minimum atomic E-state index is -0.349. The molecule has 3 rings (SSSR count). The zero-order valence-electron chi connectivity index (χ0n) is 15.5. The lowest BCUT2D eigenvalue weighted by Gasteiger charge is -2.10. The number of anilines is 3. The minimum absolute atomic E-state index is 0.102. The first-order chi connectivity index (χ1) is 14.1. The van der Waals surface area contributed by atoms with Crippen LogP contribution < -0.4 is 16.0 Å². The normalized spacial score (nSPS) is 10.2. The highest BCUT2D eigenvalue weighted by Crippen LogP contribution is 2.18. The van der Waals surface area contributed by atoms with E-state index in [0.29, 0.717) is 27.8 Å². The van der Waals surface area contributed by atoms with Gasteiger partial charge in [-0.3, -0.25) is 4.79 Å². The second-order valence-corrected chi connectivity index (χ2v) is 7.62. The van der Waals surface area contributed by atoms with E-state index in [4.69, 9.17) is 11.6 Å². The van der Waals surface area contributed by atoms with E-state index in [1.165, 1.54) is 11.8 Å². The van der Waals surface area contributed by atoms with Gasteiger partial charge in [-0.2, -0.15) is 0 Å². The SMILES string of the molecule is O=C(CSCc1ccc(Cl)cc1)Nc1cccc(NC(=O)Nc2ccccc2)c1. The molecule has 0 aliphatic rings. The van der Waals surface area contributed by atoms with Gasteiger partial charge in [0.25, 0.3) is 0 Å². The monoisotopic (exact) mass is 425 g/mol. The molecule has 0 aliphatic heterocycles. The zero-order valence-corrected chi connectivity index (χ0v) is 17.1. The molecule has 0 atom stereocenters. The summed E-state index contributed by atoms with van der Waals surface area (Å²) >= 11 is 7.39. The third kappa shape index (κ3) is 7.18. The second-order valence-electron chi connectivity index (χ2n) is 6.19. The van der Waals surface area contributed by atoms with Crippen molar-refractivity contribution >= 4 is 52.4 Å². The molecule has 0 unspecified atom stereocenters. The number of nitrogens with one attached hydrogen (secondary N) is 3. The minimum Gasteiger partial charge on any atom is -0.325 e. The van der Waals surface area contributed by atoms with Crippen molar-refractivity contribution in [2.75, 3.05) is 21.7 Å². The van der Waals surface area contributed by atoms with Gasteiger partial charge in [-0.25, -0.2) is 4.79 Å². The van der Waals surface area contributed by atoms with Gasteiger partial charge in [0, 0.05) is 27.8 Å². The topological polar surface area (TPSA) is 70.2 Å². The fourth-order valence-corrected chi connectivity index (χ4v) is 3.44. The van der Waals surface area contributed by atoms with Gasteiger partial charge < -0.3 is 16.0 Å². The maximum absolute atomic E-state index is 12.2. The maximum atomic E-state index is 12.2. The summed E-state index contributed by atoms with van der Waals surface area (Å²) in [6.07, 6.45) is 0. The van der Waals surface area contributed by atoms with Crippen LogP contribution in [0.1, 0.15) is 5.56 Å². The molecule has 0 saturated heterocycles. The molecule has 3 aromatic rings. The molecule has 0 aliphatic carbocycles. The van der Waals surface area contributed by atoms with E-state index in [-0.39, 0.29) is 11.9 Å². The van der Waals surface area contributed by atoms with Crippen molar-refractivity contribution in [1.29, 1.82) is 0 Å². The maximum Gasteiger partial charge on any atom is 0.323 e. The van der Waals surface area contributed by atoms with Gasteiger partial charge in [0.1, 0.15) is 0 Å². The van der Waals surface area contributed by atoms with Crippen molar-refractivity contribution in [2.24, 2.45) is 0 Å². The summed E-state index contributed by atoms with van der Waals surface area (Å²) in [5.41, 5.74) is 3.03. The molecule has 5 nitrogen and oxygen atoms in total. The lowest BCUT2D eigenvalue weighted by Crippen LogP contribution is -2.19. The summed E-state index contributed by atoms with van der Waals surface area (Å²) in [5.74, 6) is 0.954. The number of rotatable bonds is 7. The largest absolute Gasteiger partial charge is 0.325 e. The number of carbonyl (C=O) groups excluding carboxylic acids is 2. The number of benzene rings is 3. The van der Waals surface area contributed by atoms with Crippen molar-refractivity contribution in [3.05, 3.63) is 89.4 Å². The Morgan fingerprint density at radius 2 is 1.38 bits per heavy atom. The van der Waals surface area contributed by atoms with E-state index in [0.717, 1.165) is 11.3 Å². The summed E-state index contributed by atoms with van der Waals surface area (Å²) in [4.78, 5) is 24.3. The highest BCUT2D eigenvalue weighted by molar-refractivity contribution is 7.99. The average molecular weight is 426 g/mol. The van der Waals surface area contributed by atoms with E-state index in [1.807, 2.05) is 42.5 Å². The van der Waals surface area contributed by atoms with Crippen LogP contribution in [0.25, 0.3) is 0 Å². The summed E-state index contributed by atoms with van der Waals surface area (Å²) in [7, 11) is 0. The van der Waals surface area contributed by atoms with Crippen LogP contribution in [0, 0.1) is 0 Å². The summed E-state index contributed by atoms with van der Waals surface area (Å²) in [6, 6.07) is 23.4. The Morgan fingerprint density at radius 3 is 2.10 bits per heavy atom. The highest BCUT2D eigenvalue weighted by Gasteiger charge is 2.06. The Hall–Kier alpha value is -2.96. The molecule has 3 aromatic carbocycles. The molecule has 3 amide bonds. The van der Waals surface area contributed by atoms with Crippen molar-refractivity contribution in [1.82, 2.24) is 0 Å². The fourth-order valence-electron chi connectivity index (χ4n) is 2.53. The highest BCUT2D eigenvalue weighted by atomic mass is 35.5. The molecule has 0 bridgehead atoms. The number of halogens is 1. The van der Waals surface area contributed by atoms with Crippen LogP contribution in [0.15, 0.2) is 78.9 Å². The molecule has 0 saturated carbocycles. The van der Waals surface area contributed by atoms with E-state index < -0.39 is 0 Å². The molecule has 0 radical (unpaired) electrons. The predicted molar refractivity (Wildman–Crippen MR) is 122 cm³/mol. The molecule has 148 valence electrons. The van der Waals surface area contributed by atoms with Crippen LogP contribution in [-0.2, 0) is 10.5 Å². The van der Waals surface area contributed by atoms with Gasteiger partial charge in [0.05, 0.1) is 5.75 Å². The summed E-state index contributed by atoms with van der Waals surface area (Å²) in [6.45, 7) is 0. The van der Waals surface area contributed by atoms with Crippen LogP contribution in [0.3, 0.4) is 0 Å². The van der Waals surface area contributed by atoms with Gasteiger partial charge in [-0.05, 0) is 48.0 Å². The van der Waals surface area contributed by atoms with Crippen LogP contribution in [0.4, 0.5) is 21.9 Å². The van der Waals surface area contributed by atoms with Crippen LogP contribution in [0.2, 0.25) is 5.02 Å². The Bertz CT molecular complexity index is 965. The van der Waals surface area contributed by atoms with Crippen molar-refractivity contribution in [3.63, 3.8) is 0 Å². The summed E-state index contributed by atoms with van der Waals surface area (Å²) in [5, 5.41) is 9.05. The van der Waals surface area contributed by atoms with Crippen LogP contribution >= 0.6 is 23.4 Å². The molecule has 0 heterocycles. The number of urea groups is 1. The number of hydrogen-bond acceptors (Lipinski definition) is 3. The van der Waals surface area contributed by atoms with Crippen molar-refractivity contribution in [3.8, 4) is 0 Å². The van der Waals surface area contributed by atoms with Crippen LogP contribution in [-0.4, -0.2) is 17.7 Å². The van der Waals surface area contributed by atoms with Gasteiger partial charge in [0.2, 0.25) is 5.91 Å². The lowest BCUT2D eigenvalue weighted by atomic mass is 10.2. The third-order valence-electron chi connectivity index (χ3n) is 3.85. The Balaban J connectivity index is 1.46. The fraction of sp³-hybridized carbons (Fsp3) is 0.0909. The van der Waals surface area contributed by atoms with E-state index in [1.54, 1.807) is 36.4 Å². The lowest BCUT2D eigenvalue weighted by molar-refractivity contribution is -0.113. The molecule has 0 aromatic heterocycles. The molecule has 29 heavy (non-hydrogen) atoms. The Morgan fingerprint density at radius 1 is 0.759 bits per heavy atom. The van der Waals surface area contributed by atoms with Crippen molar-refractivity contribution < 1.29 is 9.59 Å². The Labute approximate surface area is 178 Å². The van der Waals surface area contributed by atoms with Gasteiger partial charge in [0.15, 0.2) is 0 Å². The van der Waals surface area contributed by atoms with Gasteiger partial charge in [-0.15, -0.1) is 11.8 Å². The predicted octanol–water partition coefficient (Wildman–Crippen LogP) is 5.86. The second kappa shape index (κ2) is 10.5. The smallest absolute Gasteiger partial charge is 0.323 e. The summed E-state index contributed by atoms with van der Waals surface area (Å²) < 4.78 is 0. The van der Waals surface area contributed by atoms with Crippen molar-refractivity contribution in [2.45, 2.75) is 5.75 Å². The standard InChI is InChI=1S/C22H20ClN3O2S/c23-17-11-9-16(10-12-17)14-29-15-21(27)24-19-7-4-8-20(13-19)26-22(28)25-18-5-2-1-3-6-18/h1-13H,14-15H2,(H,24,27)(H2,25,26,28). The first kappa shape index (κ1) is 20.8. The molecule has 0 spiro atoms. The number of carbonyl (C=O) groups is 2. The number of thioether (sulfide) groups is 1. The van der Waals surface area contributed by atoms with E-state index >= 15 is 0 Å². The van der Waals surface area contributed by atoms with Gasteiger partial charge in [-0.1, -0.05) is 48.0 Å². The van der Waals surface area contributed by atoms with E-state index in [9.17, 15) is 9.59 Å². The first-order valence-corrected chi connectivity index (χ1v) is 10.5. The number of para-hydroxylation sites is 1. The quantitative estimate of drug-likeness (QED) is 0.444. The van der Waals surface area contributed by atoms with E-state index in [2.05, 4.69) is 16.0 Å². The zero-order chi connectivity index (χ0) is 20.5. The van der Waals surface area contributed by atoms with Crippen LogP contribution in [0.5, 0.6) is 0 Å². The molecular formula is C22H20ClN3O2S.